The van der Waals surface area contributed by atoms with Crippen LogP contribution >= 0.6 is 11.3 Å². The summed E-state index contributed by atoms with van der Waals surface area (Å²) in [6.45, 7) is 5.71. The zero-order valence-electron chi connectivity index (χ0n) is 15.0. The van der Waals surface area contributed by atoms with Gasteiger partial charge in [0.2, 0.25) is 4.96 Å². The van der Waals surface area contributed by atoms with Crippen LogP contribution in [0.3, 0.4) is 0 Å². The van der Waals surface area contributed by atoms with E-state index in [1.165, 1.54) is 17.7 Å². The molecule has 10 nitrogen and oxygen atoms in total. The van der Waals surface area contributed by atoms with E-state index in [1.807, 2.05) is 13.8 Å². The molecule has 0 bridgehead atoms. The number of aromatic nitrogens is 5. The summed E-state index contributed by atoms with van der Waals surface area (Å²) in [5.74, 6) is -0.298. The summed E-state index contributed by atoms with van der Waals surface area (Å²) >= 11 is 1.49. The molecule has 0 fully saturated rings. The van der Waals surface area contributed by atoms with Gasteiger partial charge < -0.3 is 20.9 Å². The highest BCUT2D eigenvalue weighted by Crippen LogP contribution is 2.27. The van der Waals surface area contributed by atoms with E-state index in [2.05, 4.69) is 36.0 Å². The molecule has 3 aromatic rings. The number of aryl methyl sites for hydroxylation is 2. The molecule has 1 aliphatic rings. The second kappa shape index (κ2) is 6.50. The molecule has 0 aliphatic carbocycles. The Morgan fingerprint density at radius 3 is 2.89 bits per heavy atom. The molecule has 4 N–H and O–H groups in total. The number of nitrogens with zero attached hydrogens (tertiary/aromatic N) is 4. The van der Waals surface area contributed by atoms with Gasteiger partial charge in [0.05, 0.1) is 36.0 Å². The Kier molecular flexibility index (Phi) is 4.15. The number of hydrogen-bond acceptors (Lipinski definition) is 6. The molecule has 0 aromatic carbocycles. The molecule has 1 unspecified atom stereocenters. The number of imidazole rings is 2. The second-order valence-corrected chi connectivity index (χ2v) is 7.41. The van der Waals surface area contributed by atoms with Crippen molar-refractivity contribution in [1.82, 2.24) is 40.5 Å². The maximum absolute atomic E-state index is 12.9. The zero-order valence-corrected chi connectivity index (χ0v) is 15.8. The molecule has 0 radical (unpaired) electrons. The normalized spacial score (nSPS) is 17.1. The fourth-order valence-electron chi connectivity index (χ4n) is 3.06. The molecule has 0 saturated carbocycles. The topological polar surface area (TPSA) is 129 Å². The van der Waals surface area contributed by atoms with Crippen LogP contribution in [0, 0.1) is 13.8 Å². The summed E-state index contributed by atoms with van der Waals surface area (Å²) in [6, 6.07) is -0.993. The van der Waals surface area contributed by atoms with Crippen molar-refractivity contribution in [3.8, 4) is 0 Å². The third-order valence-corrected chi connectivity index (χ3v) is 5.12. The first-order chi connectivity index (χ1) is 12.9. The maximum atomic E-state index is 12.9. The molecule has 3 aromatic heterocycles. The van der Waals surface area contributed by atoms with Gasteiger partial charge in [0, 0.05) is 11.4 Å². The maximum Gasteiger partial charge on any atom is 0.319 e. The van der Waals surface area contributed by atoms with Crippen LogP contribution in [0.1, 0.15) is 35.1 Å². The summed E-state index contributed by atoms with van der Waals surface area (Å²) in [6.07, 6.45) is 3.33. The van der Waals surface area contributed by atoms with Gasteiger partial charge >= 0.3 is 6.03 Å². The lowest BCUT2D eigenvalue weighted by molar-refractivity contribution is -0.118. The third-order valence-electron chi connectivity index (χ3n) is 4.28. The van der Waals surface area contributed by atoms with Crippen molar-refractivity contribution in [2.24, 2.45) is 0 Å². The fourth-order valence-corrected chi connectivity index (χ4v) is 3.80. The highest BCUT2D eigenvalue weighted by atomic mass is 32.1. The van der Waals surface area contributed by atoms with Gasteiger partial charge in [-0.05, 0) is 20.8 Å². The molecule has 11 heteroatoms. The van der Waals surface area contributed by atoms with E-state index in [4.69, 9.17) is 0 Å². The Hall–Kier alpha value is -3.21. The first kappa shape index (κ1) is 17.2. The summed E-state index contributed by atoms with van der Waals surface area (Å²) in [5, 5.41) is 13.5. The molecule has 0 spiro atoms. The summed E-state index contributed by atoms with van der Waals surface area (Å²) < 4.78 is 1.70. The van der Waals surface area contributed by atoms with E-state index in [1.54, 1.807) is 17.6 Å². The number of allylic oxidation sites excluding steroid dienone is 1. The van der Waals surface area contributed by atoms with Crippen molar-refractivity contribution in [3.05, 3.63) is 45.9 Å². The minimum absolute atomic E-state index is 0.255. The Labute approximate surface area is 158 Å². The van der Waals surface area contributed by atoms with E-state index in [-0.39, 0.29) is 18.5 Å². The van der Waals surface area contributed by atoms with E-state index >= 15 is 0 Å². The highest BCUT2D eigenvalue weighted by molar-refractivity contribution is 7.16. The summed E-state index contributed by atoms with van der Waals surface area (Å²) in [5.41, 5.74) is 3.01. The molecular weight excluding hydrogens is 368 g/mol. The highest BCUT2D eigenvalue weighted by Gasteiger charge is 2.33. The van der Waals surface area contributed by atoms with Crippen LogP contribution in [0.5, 0.6) is 0 Å². The molecule has 27 heavy (non-hydrogen) atoms. The monoisotopic (exact) mass is 386 g/mol. The van der Waals surface area contributed by atoms with Crippen LogP contribution < -0.4 is 16.0 Å². The molecule has 1 aliphatic heterocycles. The predicted octanol–water partition coefficient (Wildman–Crippen LogP) is 1.08. The SMILES string of the molecule is CC1=C(C(=O)NCc2cn3nc(C)sc3n2)C(c2nc[nH]c2C)NC(=O)N1. The Morgan fingerprint density at radius 1 is 1.37 bits per heavy atom. The molecule has 3 amide bonds. The minimum atomic E-state index is -0.625. The minimum Gasteiger partial charge on any atom is -0.348 e. The number of carbonyl (C=O) groups is 2. The van der Waals surface area contributed by atoms with Crippen molar-refractivity contribution in [3.63, 3.8) is 0 Å². The molecule has 4 rings (SSSR count). The lowest BCUT2D eigenvalue weighted by Gasteiger charge is -2.27. The van der Waals surface area contributed by atoms with Gasteiger partial charge in [0.15, 0.2) is 0 Å². The smallest absolute Gasteiger partial charge is 0.319 e. The Morgan fingerprint density at radius 2 is 2.19 bits per heavy atom. The van der Waals surface area contributed by atoms with Crippen LogP contribution in [0.25, 0.3) is 4.96 Å². The quantitative estimate of drug-likeness (QED) is 0.533. The molecule has 4 heterocycles. The largest absolute Gasteiger partial charge is 0.348 e. The molecular formula is C16H18N8O2S. The van der Waals surface area contributed by atoms with Crippen molar-refractivity contribution < 1.29 is 9.59 Å². The predicted molar refractivity (Wildman–Crippen MR) is 97.9 cm³/mol. The van der Waals surface area contributed by atoms with E-state index in [9.17, 15) is 9.59 Å². The number of urea groups is 1. The van der Waals surface area contributed by atoms with E-state index in [0.717, 1.165) is 15.7 Å². The number of carbonyl (C=O) groups excluding carboxylic acids is 2. The number of hydrogen-bond donors (Lipinski definition) is 4. The number of H-pyrrole nitrogens is 1. The van der Waals surface area contributed by atoms with Crippen LogP contribution in [-0.2, 0) is 11.3 Å². The van der Waals surface area contributed by atoms with E-state index < -0.39 is 6.04 Å². The summed E-state index contributed by atoms with van der Waals surface area (Å²) in [7, 11) is 0. The summed E-state index contributed by atoms with van der Waals surface area (Å²) in [4.78, 5) is 37.2. The first-order valence-electron chi connectivity index (χ1n) is 8.30. The van der Waals surface area contributed by atoms with Gasteiger partial charge in [0.25, 0.3) is 5.91 Å². The second-order valence-electron chi connectivity index (χ2n) is 6.25. The number of aromatic amines is 1. The van der Waals surface area contributed by atoms with Gasteiger partial charge in [0.1, 0.15) is 11.0 Å². The van der Waals surface area contributed by atoms with Crippen LogP contribution in [0.2, 0.25) is 0 Å². The lowest BCUT2D eigenvalue weighted by Crippen LogP contribution is -2.47. The van der Waals surface area contributed by atoms with Crippen LogP contribution in [0.4, 0.5) is 4.79 Å². The third kappa shape index (κ3) is 3.16. The van der Waals surface area contributed by atoms with Gasteiger partial charge in [-0.2, -0.15) is 5.10 Å². The first-order valence-corrected chi connectivity index (χ1v) is 9.12. The van der Waals surface area contributed by atoms with Crippen molar-refractivity contribution >= 4 is 28.2 Å². The van der Waals surface area contributed by atoms with Gasteiger partial charge in [-0.25, -0.2) is 19.3 Å². The lowest BCUT2D eigenvalue weighted by atomic mass is 9.98. The average molecular weight is 386 g/mol. The molecule has 1 atom stereocenters. The van der Waals surface area contributed by atoms with Crippen molar-refractivity contribution in [1.29, 1.82) is 0 Å². The van der Waals surface area contributed by atoms with Gasteiger partial charge in [-0.3, -0.25) is 4.79 Å². The number of rotatable bonds is 4. The molecule has 0 saturated heterocycles. The Balaban J connectivity index is 1.56. The number of nitrogens with one attached hydrogen (secondary N) is 4. The van der Waals surface area contributed by atoms with E-state index in [0.29, 0.717) is 22.7 Å². The van der Waals surface area contributed by atoms with Gasteiger partial charge in [-0.15, -0.1) is 0 Å². The zero-order chi connectivity index (χ0) is 19.1. The average Bonchev–Trinajstić information content (AvgIpc) is 3.26. The fraction of sp³-hybridized carbons (Fsp3) is 0.312. The number of fused-ring (bicyclic) bond motifs is 1. The standard InChI is InChI=1S/C16H18N8O2S/c1-7-11(13(22-15(26)20-7)12-8(2)18-6-19-12)14(25)17-4-10-5-24-16(21-10)27-9(3)23-24/h5-6,13H,4H2,1-3H3,(H,17,25)(H,18,19)(H2,20,22,26). The number of amides is 3. The molecule has 140 valence electrons. The van der Waals surface area contributed by atoms with Crippen molar-refractivity contribution in [2.75, 3.05) is 0 Å². The van der Waals surface area contributed by atoms with Crippen LogP contribution in [0.15, 0.2) is 23.8 Å². The Bertz CT molecular complexity index is 1040. The van der Waals surface area contributed by atoms with Gasteiger partial charge in [-0.1, -0.05) is 11.3 Å². The van der Waals surface area contributed by atoms with Crippen LogP contribution in [-0.4, -0.2) is 36.5 Å². The van der Waals surface area contributed by atoms with Crippen molar-refractivity contribution in [2.45, 2.75) is 33.4 Å².